The van der Waals surface area contributed by atoms with Crippen molar-refractivity contribution in [1.82, 2.24) is 15.1 Å². The fraction of sp³-hybridized carbons (Fsp3) is 0.481. The van der Waals surface area contributed by atoms with Crippen molar-refractivity contribution in [3.63, 3.8) is 0 Å². The van der Waals surface area contributed by atoms with Gasteiger partial charge in [0.05, 0.1) is 19.3 Å². The first-order chi connectivity index (χ1) is 16.6. The summed E-state index contributed by atoms with van der Waals surface area (Å²) in [6.07, 6.45) is 3.58. The number of benzene rings is 2. The topological polar surface area (TPSA) is 82.1 Å². The van der Waals surface area contributed by atoms with E-state index in [1.807, 2.05) is 30.3 Å². The van der Waals surface area contributed by atoms with Gasteiger partial charge in [-0.3, -0.25) is 14.5 Å². The standard InChI is InChI=1S/C27H35N3O4/c31-24-18-30(19-24)27(33)12-10-21-9-11-25-23(15-21)17-29(16-22-7-3-1-4-8-22)20-26(32)28-13-5-2-6-14-34-25/h1,3-4,7-9,11,15,24,31H,2,5-6,10,12-14,16-20H2,(H,28,32). The zero-order valence-corrected chi connectivity index (χ0v) is 19.7. The van der Waals surface area contributed by atoms with Gasteiger partial charge in [0.1, 0.15) is 5.75 Å². The number of nitrogens with zero attached hydrogens (tertiary/aromatic N) is 2. The Morgan fingerprint density at radius 3 is 2.65 bits per heavy atom. The summed E-state index contributed by atoms with van der Waals surface area (Å²) in [4.78, 5) is 28.8. The summed E-state index contributed by atoms with van der Waals surface area (Å²) in [5.74, 6) is 0.961. The molecule has 34 heavy (non-hydrogen) atoms. The number of likely N-dealkylation sites (tertiary alicyclic amines) is 1. The Morgan fingerprint density at radius 1 is 1.03 bits per heavy atom. The number of amides is 2. The maximum atomic E-state index is 12.6. The monoisotopic (exact) mass is 465 g/mol. The summed E-state index contributed by atoms with van der Waals surface area (Å²) in [6, 6.07) is 16.3. The van der Waals surface area contributed by atoms with Crippen LogP contribution in [0.15, 0.2) is 48.5 Å². The Balaban J connectivity index is 1.50. The highest BCUT2D eigenvalue weighted by Crippen LogP contribution is 2.25. The fourth-order valence-corrected chi connectivity index (χ4v) is 4.44. The highest BCUT2D eigenvalue weighted by atomic mass is 16.5. The van der Waals surface area contributed by atoms with Crippen molar-refractivity contribution in [2.45, 2.75) is 51.3 Å². The number of fused-ring (bicyclic) bond motifs is 1. The van der Waals surface area contributed by atoms with Gasteiger partial charge in [-0.05, 0) is 42.9 Å². The van der Waals surface area contributed by atoms with Gasteiger partial charge in [0.2, 0.25) is 11.8 Å². The summed E-state index contributed by atoms with van der Waals surface area (Å²) in [7, 11) is 0. The number of aryl methyl sites for hydroxylation is 1. The average molecular weight is 466 g/mol. The first-order valence-corrected chi connectivity index (χ1v) is 12.3. The van der Waals surface area contributed by atoms with Crippen molar-refractivity contribution in [2.24, 2.45) is 0 Å². The number of aliphatic hydroxyl groups is 1. The third-order valence-corrected chi connectivity index (χ3v) is 6.38. The average Bonchev–Trinajstić information content (AvgIpc) is 2.82. The van der Waals surface area contributed by atoms with Crippen LogP contribution >= 0.6 is 0 Å². The van der Waals surface area contributed by atoms with Crippen LogP contribution in [-0.4, -0.2) is 65.6 Å². The molecule has 7 heteroatoms. The number of β-amino-alcohol motifs (C(OH)–C–C–N with tert-alkyl or cyclic N) is 1. The first-order valence-electron chi connectivity index (χ1n) is 12.3. The molecule has 0 bridgehead atoms. The molecule has 0 aliphatic carbocycles. The van der Waals surface area contributed by atoms with Gasteiger partial charge < -0.3 is 20.1 Å². The minimum atomic E-state index is -0.379. The van der Waals surface area contributed by atoms with Crippen molar-refractivity contribution in [1.29, 1.82) is 0 Å². The molecule has 182 valence electrons. The molecular formula is C27H35N3O4. The predicted molar refractivity (Wildman–Crippen MR) is 130 cm³/mol. The molecule has 0 unspecified atom stereocenters. The highest BCUT2D eigenvalue weighted by Gasteiger charge is 2.28. The summed E-state index contributed by atoms with van der Waals surface area (Å²) in [5, 5.41) is 12.5. The van der Waals surface area contributed by atoms with E-state index in [9.17, 15) is 14.7 Å². The SMILES string of the molecule is O=C1CN(Cc2ccccc2)Cc2cc(CCC(=O)N3CC(O)C3)ccc2OCCCCCN1. The molecule has 2 aromatic rings. The fourth-order valence-electron chi connectivity index (χ4n) is 4.44. The molecular weight excluding hydrogens is 430 g/mol. The third-order valence-electron chi connectivity index (χ3n) is 6.38. The molecule has 0 spiro atoms. The van der Waals surface area contributed by atoms with Crippen LogP contribution in [0.1, 0.15) is 42.4 Å². The molecule has 2 N–H and O–H groups in total. The van der Waals surface area contributed by atoms with E-state index in [4.69, 9.17) is 4.74 Å². The molecule has 4 rings (SSSR count). The Morgan fingerprint density at radius 2 is 1.85 bits per heavy atom. The lowest BCUT2D eigenvalue weighted by atomic mass is 10.0. The van der Waals surface area contributed by atoms with Crippen LogP contribution in [0.25, 0.3) is 0 Å². The number of carbonyl (C=O) groups excluding carboxylic acids is 2. The zero-order chi connectivity index (χ0) is 23.8. The number of carbonyl (C=O) groups is 2. The number of ether oxygens (including phenoxy) is 1. The molecule has 0 saturated carbocycles. The van der Waals surface area contributed by atoms with Crippen LogP contribution in [0.3, 0.4) is 0 Å². The van der Waals surface area contributed by atoms with E-state index in [0.717, 1.165) is 41.7 Å². The number of hydrogen-bond acceptors (Lipinski definition) is 5. The molecule has 2 aliphatic heterocycles. The van der Waals surface area contributed by atoms with Crippen molar-refractivity contribution in [2.75, 3.05) is 32.8 Å². The van der Waals surface area contributed by atoms with Crippen LogP contribution in [0.5, 0.6) is 5.75 Å². The van der Waals surface area contributed by atoms with E-state index < -0.39 is 0 Å². The number of nitrogens with one attached hydrogen (secondary N) is 1. The minimum absolute atomic E-state index is 0.0381. The van der Waals surface area contributed by atoms with Crippen molar-refractivity contribution < 1.29 is 19.4 Å². The number of hydrogen-bond donors (Lipinski definition) is 2. The second-order valence-corrected chi connectivity index (χ2v) is 9.28. The molecule has 2 heterocycles. The van der Waals surface area contributed by atoms with Crippen molar-refractivity contribution >= 4 is 11.8 Å². The van der Waals surface area contributed by atoms with E-state index in [1.165, 1.54) is 0 Å². The molecule has 2 aliphatic rings. The highest BCUT2D eigenvalue weighted by molar-refractivity contribution is 5.78. The van der Waals surface area contributed by atoms with Crippen LogP contribution in [-0.2, 0) is 29.1 Å². The molecule has 2 amide bonds. The van der Waals surface area contributed by atoms with Crippen LogP contribution in [0.2, 0.25) is 0 Å². The van der Waals surface area contributed by atoms with E-state index >= 15 is 0 Å². The van der Waals surface area contributed by atoms with Gasteiger partial charge in [0, 0.05) is 44.7 Å². The predicted octanol–water partition coefficient (Wildman–Crippen LogP) is 2.50. The van der Waals surface area contributed by atoms with Gasteiger partial charge in [-0.15, -0.1) is 0 Å². The first kappa shape index (κ1) is 24.2. The van der Waals surface area contributed by atoms with Gasteiger partial charge >= 0.3 is 0 Å². The quantitative estimate of drug-likeness (QED) is 0.709. The van der Waals surface area contributed by atoms with Crippen molar-refractivity contribution in [3.8, 4) is 5.75 Å². The van der Waals surface area contributed by atoms with E-state index in [-0.39, 0.29) is 17.9 Å². The summed E-state index contributed by atoms with van der Waals surface area (Å²) >= 11 is 0. The lowest BCUT2D eigenvalue weighted by Crippen LogP contribution is -2.53. The lowest BCUT2D eigenvalue weighted by molar-refractivity contribution is -0.141. The van der Waals surface area contributed by atoms with E-state index in [2.05, 4.69) is 28.4 Å². The molecule has 0 aromatic heterocycles. The molecule has 1 saturated heterocycles. The zero-order valence-electron chi connectivity index (χ0n) is 19.7. The van der Waals surface area contributed by atoms with Gasteiger partial charge in [-0.25, -0.2) is 0 Å². The molecule has 0 atom stereocenters. The van der Waals surface area contributed by atoms with Gasteiger partial charge in [0.15, 0.2) is 0 Å². The number of aliphatic hydroxyl groups excluding tert-OH is 1. The Kier molecular flexibility index (Phi) is 8.55. The van der Waals surface area contributed by atoms with Crippen LogP contribution in [0.4, 0.5) is 0 Å². The van der Waals surface area contributed by atoms with Gasteiger partial charge in [-0.2, -0.15) is 0 Å². The van der Waals surface area contributed by atoms with Gasteiger partial charge in [0.25, 0.3) is 0 Å². The van der Waals surface area contributed by atoms with Crippen LogP contribution in [0, 0.1) is 0 Å². The normalized spacial score (nSPS) is 18.4. The number of rotatable bonds is 5. The lowest BCUT2D eigenvalue weighted by Gasteiger charge is -2.35. The Hall–Kier alpha value is -2.90. The summed E-state index contributed by atoms with van der Waals surface area (Å²) in [6.45, 7) is 3.77. The van der Waals surface area contributed by atoms with Crippen LogP contribution < -0.4 is 10.1 Å². The Labute approximate surface area is 201 Å². The second kappa shape index (κ2) is 12.0. The molecule has 2 aromatic carbocycles. The molecule has 1 fully saturated rings. The second-order valence-electron chi connectivity index (χ2n) is 9.28. The van der Waals surface area contributed by atoms with Crippen molar-refractivity contribution in [3.05, 3.63) is 65.2 Å². The summed E-state index contributed by atoms with van der Waals surface area (Å²) in [5.41, 5.74) is 3.26. The van der Waals surface area contributed by atoms with E-state index in [1.54, 1.807) is 4.90 Å². The summed E-state index contributed by atoms with van der Waals surface area (Å²) < 4.78 is 6.15. The van der Waals surface area contributed by atoms with E-state index in [0.29, 0.717) is 58.7 Å². The molecule has 0 radical (unpaired) electrons. The largest absolute Gasteiger partial charge is 0.493 e. The smallest absolute Gasteiger partial charge is 0.234 e. The Bertz CT molecular complexity index is 960. The third kappa shape index (κ3) is 7.05. The minimum Gasteiger partial charge on any atom is -0.493 e. The van der Waals surface area contributed by atoms with Gasteiger partial charge in [-0.1, -0.05) is 42.5 Å². The maximum Gasteiger partial charge on any atom is 0.234 e. The molecule has 7 nitrogen and oxygen atoms in total. The maximum absolute atomic E-state index is 12.6.